The molecule has 0 bridgehead atoms. The van der Waals surface area contributed by atoms with Gasteiger partial charge in [0.25, 0.3) is 0 Å². The molecule has 1 aromatic rings. The Morgan fingerprint density at radius 2 is 2.10 bits per heavy atom. The van der Waals surface area contributed by atoms with E-state index in [-0.39, 0.29) is 10.6 Å². The van der Waals surface area contributed by atoms with Crippen molar-refractivity contribution < 1.29 is 14.2 Å². The zero-order valence-corrected chi connectivity index (χ0v) is 14.7. The van der Waals surface area contributed by atoms with Crippen molar-refractivity contribution in [3.05, 3.63) is 33.0 Å². The van der Waals surface area contributed by atoms with Crippen LogP contribution in [0.4, 0.5) is 4.39 Å². The van der Waals surface area contributed by atoms with Crippen LogP contribution in [-0.2, 0) is 4.74 Å². The van der Waals surface area contributed by atoms with E-state index in [0.29, 0.717) is 17.0 Å². The maximum atomic E-state index is 14.4. The highest BCUT2D eigenvalue weighted by atomic mass is 79.9. The zero-order chi connectivity index (χ0) is 15.6. The third kappa shape index (κ3) is 3.44. The number of aliphatic hydroxyl groups is 1. The van der Waals surface area contributed by atoms with Crippen LogP contribution in [0.3, 0.4) is 0 Å². The van der Waals surface area contributed by atoms with Gasteiger partial charge in [-0.3, -0.25) is 0 Å². The molecule has 1 unspecified atom stereocenters. The van der Waals surface area contributed by atoms with Crippen molar-refractivity contribution in [2.75, 3.05) is 6.61 Å². The van der Waals surface area contributed by atoms with Crippen LogP contribution in [0.25, 0.3) is 0 Å². The van der Waals surface area contributed by atoms with Crippen LogP contribution in [0, 0.1) is 11.7 Å². The monoisotopic (exact) mass is 378 g/mol. The highest BCUT2D eigenvalue weighted by molar-refractivity contribution is 9.10. The first-order valence-electron chi connectivity index (χ1n) is 7.36. The summed E-state index contributed by atoms with van der Waals surface area (Å²) in [6.45, 7) is 4.59. The van der Waals surface area contributed by atoms with E-state index < -0.39 is 17.5 Å². The predicted molar refractivity (Wildman–Crippen MR) is 86.1 cm³/mol. The number of ether oxygens (including phenoxy) is 1. The Kier molecular flexibility index (Phi) is 5.69. The van der Waals surface area contributed by atoms with Crippen LogP contribution in [0.5, 0.6) is 0 Å². The molecule has 1 fully saturated rings. The molecule has 1 aliphatic carbocycles. The van der Waals surface area contributed by atoms with Gasteiger partial charge in [-0.15, -0.1) is 0 Å². The Morgan fingerprint density at radius 3 is 2.67 bits per heavy atom. The lowest BCUT2D eigenvalue weighted by Crippen LogP contribution is -2.43. The number of halogens is 3. The Labute approximate surface area is 138 Å². The fraction of sp³-hybridized carbons (Fsp3) is 0.625. The van der Waals surface area contributed by atoms with Crippen LogP contribution in [0.1, 0.15) is 51.2 Å². The van der Waals surface area contributed by atoms with Gasteiger partial charge in [0.2, 0.25) is 0 Å². The average Bonchev–Trinajstić information content (AvgIpc) is 2.47. The minimum absolute atomic E-state index is 0.00220. The topological polar surface area (TPSA) is 29.5 Å². The van der Waals surface area contributed by atoms with E-state index >= 15 is 0 Å². The molecular formula is C16H21BrClFO2. The molecule has 118 valence electrons. The summed E-state index contributed by atoms with van der Waals surface area (Å²) in [5, 5.41) is 10.8. The Balaban J connectivity index is 2.35. The van der Waals surface area contributed by atoms with Gasteiger partial charge in [-0.2, -0.15) is 0 Å². The molecule has 0 aromatic heterocycles. The molecule has 5 heteroatoms. The van der Waals surface area contributed by atoms with Crippen molar-refractivity contribution in [1.82, 2.24) is 0 Å². The molecule has 1 N–H and O–H groups in total. The molecule has 0 aliphatic heterocycles. The minimum Gasteiger partial charge on any atom is -0.385 e. The highest BCUT2D eigenvalue weighted by Gasteiger charge is 2.43. The summed E-state index contributed by atoms with van der Waals surface area (Å²) in [5.74, 6) is 0.0420. The highest BCUT2D eigenvalue weighted by Crippen LogP contribution is 2.45. The van der Waals surface area contributed by atoms with Gasteiger partial charge in [0.15, 0.2) is 0 Å². The second kappa shape index (κ2) is 6.95. The lowest BCUT2D eigenvalue weighted by molar-refractivity contribution is -0.147. The van der Waals surface area contributed by atoms with Crippen molar-refractivity contribution in [1.29, 1.82) is 0 Å². The Bertz CT molecular complexity index is 501. The zero-order valence-electron chi connectivity index (χ0n) is 12.3. The van der Waals surface area contributed by atoms with E-state index in [1.165, 1.54) is 0 Å². The van der Waals surface area contributed by atoms with Crippen molar-refractivity contribution in [2.24, 2.45) is 5.92 Å². The van der Waals surface area contributed by atoms with E-state index in [1.54, 1.807) is 12.1 Å². The molecule has 0 saturated heterocycles. The maximum Gasteiger partial charge on any atom is 0.148 e. The molecular weight excluding hydrogens is 359 g/mol. The van der Waals surface area contributed by atoms with Crippen LogP contribution < -0.4 is 0 Å². The van der Waals surface area contributed by atoms with Crippen molar-refractivity contribution in [2.45, 2.75) is 51.2 Å². The normalized spacial score (nSPS) is 27.6. The molecule has 1 saturated carbocycles. The first-order valence-corrected chi connectivity index (χ1v) is 8.54. The number of hydrogen-bond acceptors (Lipinski definition) is 2. The molecule has 0 radical (unpaired) electrons. The lowest BCUT2D eigenvalue weighted by atomic mass is 9.74. The van der Waals surface area contributed by atoms with E-state index in [9.17, 15) is 9.50 Å². The van der Waals surface area contributed by atoms with Gasteiger partial charge < -0.3 is 9.84 Å². The second-order valence-corrected chi connectivity index (χ2v) is 7.08. The van der Waals surface area contributed by atoms with Gasteiger partial charge in [-0.1, -0.05) is 24.6 Å². The van der Waals surface area contributed by atoms with E-state index in [2.05, 4.69) is 22.9 Å². The van der Waals surface area contributed by atoms with Crippen molar-refractivity contribution >= 4 is 27.5 Å². The van der Waals surface area contributed by atoms with Crippen molar-refractivity contribution in [3.63, 3.8) is 0 Å². The quantitative estimate of drug-likeness (QED) is 0.723. The molecule has 21 heavy (non-hydrogen) atoms. The summed E-state index contributed by atoms with van der Waals surface area (Å²) in [4.78, 5) is 0. The standard InChI is InChI=1S/C16H21BrClFO2/c1-3-21-16(8-6-10(2)7-9-16)15(20)11-4-5-12(17)13(18)14(11)19/h4-5,10,15,20H,3,6-9H2,1-2H3. The van der Waals surface area contributed by atoms with Crippen LogP contribution in [0.15, 0.2) is 16.6 Å². The summed E-state index contributed by atoms with van der Waals surface area (Å²) < 4.78 is 20.8. The third-order valence-electron chi connectivity index (χ3n) is 4.41. The third-order valence-corrected chi connectivity index (χ3v) is 5.67. The van der Waals surface area contributed by atoms with Crippen LogP contribution >= 0.6 is 27.5 Å². The van der Waals surface area contributed by atoms with E-state index in [1.807, 2.05) is 6.92 Å². The molecule has 0 spiro atoms. The first kappa shape index (κ1) is 17.2. The van der Waals surface area contributed by atoms with Crippen molar-refractivity contribution in [3.8, 4) is 0 Å². The summed E-state index contributed by atoms with van der Waals surface area (Å²) in [6, 6.07) is 3.24. The molecule has 1 aliphatic rings. The molecule has 0 amide bonds. The molecule has 2 nitrogen and oxygen atoms in total. The van der Waals surface area contributed by atoms with Crippen LogP contribution in [-0.4, -0.2) is 17.3 Å². The average molecular weight is 380 g/mol. The van der Waals surface area contributed by atoms with Gasteiger partial charge in [-0.05, 0) is 60.5 Å². The summed E-state index contributed by atoms with van der Waals surface area (Å²) in [5.41, 5.74) is -0.495. The SMILES string of the molecule is CCOC1(C(O)c2ccc(Br)c(Cl)c2F)CCC(C)CC1. The summed E-state index contributed by atoms with van der Waals surface area (Å²) in [6.07, 6.45) is 2.41. The van der Waals surface area contributed by atoms with E-state index in [0.717, 1.165) is 25.7 Å². The van der Waals surface area contributed by atoms with E-state index in [4.69, 9.17) is 16.3 Å². The van der Waals surface area contributed by atoms with Gasteiger partial charge in [0.1, 0.15) is 11.9 Å². The number of benzene rings is 1. The number of hydrogen-bond donors (Lipinski definition) is 1. The lowest BCUT2D eigenvalue weighted by Gasteiger charge is -2.42. The molecule has 2 rings (SSSR count). The Morgan fingerprint density at radius 1 is 1.48 bits per heavy atom. The number of aliphatic hydroxyl groups excluding tert-OH is 1. The molecule has 1 aromatic carbocycles. The maximum absolute atomic E-state index is 14.4. The second-order valence-electron chi connectivity index (χ2n) is 5.85. The minimum atomic E-state index is -1.00. The van der Waals surface area contributed by atoms with Gasteiger partial charge in [0.05, 0.1) is 10.6 Å². The first-order chi connectivity index (χ1) is 9.91. The largest absolute Gasteiger partial charge is 0.385 e. The van der Waals surface area contributed by atoms with Gasteiger partial charge in [0, 0.05) is 16.6 Å². The van der Waals surface area contributed by atoms with Gasteiger partial charge in [-0.25, -0.2) is 4.39 Å². The smallest absolute Gasteiger partial charge is 0.148 e. The summed E-state index contributed by atoms with van der Waals surface area (Å²) in [7, 11) is 0. The Hall–Kier alpha value is -0.160. The molecule has 0 heterocycles. The molecule has 1 atom stereocenters. The van der Waals surface area contributed by atoms with Gasteiger partial charge >= 0.3 is 0 Å². The predicted octanol–water partition coefficient (Wildman–Crippen LogP) is 5.26. The fourth-order valence-corrected chi connectivity index (χ4v) is 3.55. The van der Waals surface area contributed by atoms with Crippen LogP contribution in [0.2, 0.25) is 5.02 Å². The fourth-order valence-electron chi connectivity index (χ4n) is 3.07. The number of rotatable bonds is 4. The summed E-state index contributed by atoms with van der Waals surface area (Å²) >= 11 is 9.13.